The molecule has 0 amide bonds. The minimum absolute atomic E-state index is 0.00698. The van der Waals surface area contributed by atoms with Gasteiger partial charge in [0.25, 0.3) is 0 Å². The van der Waals surface area contributed by atoms with Crippen LogP contribution in [-0.4, -0.2) is 29.4 Å². The maximum absolute atomic E-state index is 9.40. The molecule has 6 heteroatoms. The highest BCUT2D eigenvalue weighted by Crippen LogP contribution is 2.20. The van der Waals surface area contributed by atoms with Crippen molar-refractivity contribution < 1.29 is 5.11 Å². The largest absolute Gasteiger partial charge is 0.392 e. The first-order valence-electron chi connectivity index (χ1n) is 6.09. The normalized spacial score (nSPS) is 11.3. The van der Waals surface area contributed by atoms with Crippen LogP contribution >= 0.6 is 0 Å². The highest BCUT2D eigenvalue weighted by molar-refractivity contribution is 5.80. The molecule has 0 aliphatic heterocycles. The summed E-state index contributed by atoms with van der Waals surface area (Å²) in [4.78, 5) is 4.38. The van der Waals surface area contributed by atoms with E-state index in [1.54, 1.807) is 6.20 Å². The molecule has 3 aromatic heterocycles. The number of rotatable bonds is 3. The molecule has 3 heterocycles. The predicted octanol–water partition coefficient (Wildman–Crippen LogP) is 1.01. The Morgan fingerprint density at radius 2 is 2.16 bits per heavy atom. The van der Waals surface area contributed by atoms with Crippen molar-refractivity contribution >= 4 is 11.0 Å². The molecule has 1 N–H and O–H groups in total. The fraction of sp³-hybridized carbons (Fsp3) is 0.308. The van der Waals surface area contributed by atoms with E-state index in [1.165, 1.54) is 0 Å². The number of fused-ring (bicyclic) bond motifs is 1. The van der Waals surface area contributed by atoms with Crippen LogP contribution in [-0.2, 0) is 20.2 Å². The molecule has 0 fully saturated rings. The number of aromatic nitrogens is 5. The quantitative estimate of drug-likeness (QED) is 0.760. The fourth-order valence-electron chi connectivity index (χ4n) is 2.18. The number of aliphatic hydroxyl groups excluding tert-OH is 1. The third-order valence-corrected chi connectivity index (χ3v) is 3.38. The van der Waals surface area contributed by atoms with Crippen LogP contribution in [0, 0.1) is 6.92 Å². The molecule has 0 radical (unpaired) electrons. The number of aryl methyl sites for hydroxylation is 1. The highest BCUT2D eigenvalue weighted by atomic mass is 16.3. The van der Waals surface area contributed by atoms with Gasteiger partial charge >= 0.3 is 0 Å². The second-order valence-corrected chi connectivity index (χ2v) is 4.54. The number of aliphatic hydroxyl groups is 1. The number of pyridine rings is 1. The second-order valence-electron chi connectivity index (χ2n) is 4.54. The first kappa shape index (κ1) is 11.9. The summed E-state index contributed by atoms with van der Waals surface area (Å²) >= 11 is 0. The third-order valence-electron chi connectivity index (χ3n) is 3.38. The summed E-state index contributed by atoms with van der Waals surface area (Å²) in [6.07, 6.45) is 3.67. The Labute approximate surface area is 110 Å². The van der Waals surface area contributed by atoms with Crippen molar-refractivity contribution in [3.8, 4) is 0 Å². The molecule has 3 aromatic rings. The molecule has 19 heavy (non-hydrogen) atoms. The van der Waals surface area contributed by atoms with Crippen LogP contribution in [0.3, 0.4) is 0 Å². The molecule has 0 aromatic carbocycles. The SMILES string of the molecule is Cc1nnc(Cn2cc(CO)c3cccnc32)n1C. The van der Waals surface area contributed by atoms with Crippen LogP contribution in [0.4, 0.5) is 0 Å². The van der Waals surface area contributed by atoms with Crippen LogP contribution in [0.25, 0.3) is 11.0 Å². The summed E-state index contributed by atoms with van der Waals surface area (Å²) in [6.45, 7) is 2.51. The van der Waals surface area contributed by atoms with Crippen LogP contribution in [0.2, 0.25) is 0 Å². The fourth-order valence-corrected chi connectivity index (χ4v) is 2.18. The molecule has 0 aliphatic rings. The standard InChI is InChI=1S/C13H15N5O/c1-9-15-16-12(17(9)2)7-18-6-10(8-19)11-4-3-5-14-13(11)18/h3-6,19H,7-8H2,1-2H3. The summed E-state index contributed by atoms with van der Waals surface area (Å²) in [7, 11) is 1.94. The van der Waals surface area contributed by atoms with Crippen LogP contribution in [0.1, 0.15) is 17.2 Å². The summed E-state index contributed by atoms with van der Waals surface area (Å²) in [5.41, 5.74) is 1.73. The summed E-state index contributed by atoms with van der Waals surface area (Å²) in [5.74, 6) is 1.74. The maximum Gasteiger partial charge on any atom is 0.152 e. The van der Waals surface area contributed by atoms with E-state index < -0.39 is 0 Å². The average molecular weight is 257 g/mol. The lowest BCUT2D eigenvalue weighted by Crippen LogP contribution is -2.06. The van der Waals surface area contributed by atoms with E-state index in [0.29, 0.717) is 6.54 Å². The monoisotopic (exact) mass is 257 g/mol. The molecule has 0 bridgehead atoms. The van der Waals surface area contributed by atoms with Crippen molar-refractivity contribution in [1.29, 1.82) is 0 Å². The van der Waals surface area contributed by atoms with Gasteiger partial charge in [-0.1, -0.05) is 0 Å². The number of hydrogen-bond acceptors (Lipinski definition) is 4. The minimum Gasteiger partial charge on any atom is -0.392 e. The second kappa shape index (κ2) is 4.47. The topological polar surface area (TPSA) is 68.8 Å². The minimum atomic E-state index is 0.00698. The van der Waals surface area contributed by atoms with Gasteiger partial charge in [-0.3, -0.25) is 0 Å². The lowest BCUT2D eigenvalue weighted by atomic mass is 10.2. The van der Waals surface area contributed by atoms with Gasteiger partial charge in [-0.05, 0) is 19.1 Å². The summed E-state index contributed by atoms with van der Waals surface area (Å²) in [6, 6.07) is 3.84. The van der Waals surface area contributed by atoms with Crippen molar-refractivity contribution in [2.24, 2.45) is 7.05 Å². The van der Waals surface area contributed by atoms with Gasteiger partial charge in [0.05, 0.1) is 13.2 Å². The van der Waals surface area contributed by atoms with E-state index in [0.717, 1.165) is 28.2 Å². The lowest BCUT2D eigenvalue weighted by molar-refractivity contribution is 0.283. The molecular formula is C13H15N5O. The zero-order chi connectivity index (χ0) is 13.4. The number of hydrogen-bond donors (Lipinski definition) is 1. The molecule has 0 saturated carbocycles. The Hall–Kier alpha value is -2.21. The lowest BCUT2D eigenvalue weighted by Gasteiger charge is -2.04. The summed E-state index contributed by atoms with van der Waals surface area (Å²) < 4.78 is 3.94. The van der Waals surface area contributed by atoms with E-state index in [1.807, 2.05) is 41.4 Å². The van der Waals surface area contributed by atoms with E-state index in [9.17, 15) is 5.11 Å². The Kier molecular flexibility index (Phi) is 2.79. The van der Waals surface area contributed by atoms with Gasteiger partial charge in [-0.25, -0.2) is 4.98 Å². The van der Waals surface area contributed by atoms with Gasteiger partial charge in [0.15, 0.2) is 5.82 Å². The molecule has 0 spiro atoms. The van der Waals surface area contributed by atoms with Crippen molar-refractivity contribution in [3.63, 3.8) is 0 Å². The molecule has 0 saturated heterocycles. The molecule has 0 aliphatic carbocycles. The van der Waals surface area contributed by atoms with Crippen molar-refractivity contribution in [1.82, 2.24) is 24.3 Å². The molecular weight excluding hydrogens is 242 g/mol. The maximum atomic E-state index is 9.40. The smallest absolute Gasteiger partial charge is 0.152 e. The molecule has 98 valence electrons. The van der Waals surface area contributed by atoms with Crippen LogP contribution in [0.15, 0.2) is 24.5 Å². The molecule has 6 nitrogen and oxygen atoms in total. The van der Waals surface area contributed by atoms with Crippen molar-refractivity contribution in [2.45, 2.75) is 20.1 Å². The first-order valence-corrected chi connectivity index (χ1v) is 6.09. The molecule has 0 unspecified atom stereocenters. The third kappa shape index (κ3) is 1.90. The average Bonchev–Trinajstić information content (AvgIpc) is 2.95. The number of nitrogens with zero attached hydrogens (tertiary/aromatic N) is 5. The predicted molar refractivity (Wildman–Crippen MR) is 70.5 cm³/mol. The first-order chi connectivity index (χ1) is 9.20. The Balaban J connectivity index is 2.08. The molecule has 3 rings (SSSR count). The Bertz CT molecular complexity index is 728. The van der Waals surface area contributed by atoms with E-state index in [4.69, 9.17) is 0 Å². The van der Waals surface area contributed by atoms with Gasteiger partial charge in [-0.2, -0.15) is 0 Å². The van der Waals surface area contributed by atoms with E-state index >= 15 is 0 Å². The van der Waals surface area contributed by atoms with Gasteiger partial charge in [-0.15, -0.1) is 10.2 Å². The highest BCUT2D eigenvalue weighted by Gasteiger charge is 2.11. The Morgan fingerprint density at radius 3 is 2.84 bits per heavy atom. The zero-order valence-corrected chi connectivity index (χ0v) is 10.9. The molecule has 0 atom stereocenters. The summed E-state index contributed by atoms with van der Waals surface area (Å²) in [5, 5.41) is 18.6. The van der Waals surface area contributed by atoms with Gasteiger partial charge < -0.3 is 14.2 Å². The van der Waals surface area contributed by atoms with Gasteiger partial charge in [0, 0.05) is 30.4 Å². The van der Waals surface area contributed by atoms with Gasteiger partial charge in [0.1, 0.15) is 11.5 Å². The zero-order valence-electron chi connectivity index (χ0n) is 10.9. The van der Waals surface area contributed by atoms with Crippen LogP contribution < -0.4 is 0 Å². The Morgan fingerprint density at radius 1 is 1.32 bits per heavy atom. The van der Waals surface area contributed by atoms with Crippen molar-refractivity contribution in [3.05, 3.63) is 41.7 Å². The van der Waals surface area contributed by atoms with E-state index in [2.05, 4.69) is 15.2 Å². The van der Waals surface area contributed by atoms with Crippen molar-refractivity contribution in [2.75, 3.05) is 0 Å². The van der Waals surface area contributed by atoms with Gasteiger partial charge in [0.2, 0.25) is 0 Å². The van der Waals surface area contributed by atoms with E-state index in [-0.39, 0.29) is 6.61 Å². The van der Waals surface area contributed by atoms with Crippen LogP contribution in [0.5, 0.6) is 0 Å².